The Morgan fingerprint density at radius 2 is 2.35 bits per heavy atom. The van der Waals surface area contributed by atoms with Crippen LogP contribution in [0, 0.1) is 11.3 Å². The Kier molecular flexibility index (Phi) is 4.38. The van der Waals surface area contributed by atoms with Crippen LogP contribution in [0.15, 0.2) is 23.5 Å². The first-order chi connectivity index (χ1) is 11.2. The van der Waals surface area contributed by atoms with Crippen LogP contribution in [-0.2, 0) is 11.8 Å². The van der Waals surface area contributed by atoms with E-state index < -0.39 is 0 Å². The Morgan fingerprint density at radius 1 is 1.52 bits per heavy atom. The monoisotopic (exact) mass is 331 g/mol. The van der Waals surface area contributed by atoms with E-state index in [2.05, 4.69) is 20.5 Å². The molecule has 10 heteroatoms. The standard InChI is InChI=1S/C13H13N7O2S/c1-19-13(16-17-18-19)23-8-12(21)20-6-10(7-20)22-11-3-2-9(4-14)5-15-11/h2-3,5,10H,6-8H2,1H3. The number of carbonyl (C=O) groups is 1. The highest BCUT2D eigenvalue weighted by molar-refractivity contribution is 7.99. The molecule has 2 aromatic heterocycles. The predicted octanol–water partition coefficient (Wildman–Crippen LogP) is -0.141. The van der Waals surface area contributed by atoms with E-state index in [4.69, 9.17) is 10.00 Å². The second-order valence-corrected chi connectivity index (χ2v) is 5.85. The lowest BCUT2D eigenvalue weighted by atomic mass is 10.1. The van der Waals surface area contributed by atoms with Crippen LogP contribution in [-0.4, -0.2) is 60.9 Å². The number of tetrazole rings is 1. The third-order valence-electron chi connectivity index (χ3n) is 3.26. The Morgan fingerprint density at radius 3 is 2.96 bits per heavy atom. The Hall–Kier alpha value is -2.67. The molecule has 3 heterocycles. The van der Waals surface area contributed by atoms with Gasteiger partial charge < -0.3 is 9.64 Å². The van der Waals surface area contributed by atoms with Gasteiger partial charge in [-0.1, -0.05) is 11.8 Å². The van der Waals surface area contributed by atoms with Crippen LogP contribution in [0.1, 0.15) is 5.56 Å². The quantitative estimate of drug-likeness (QED) is 0.696. The molecule has 9 nitrogen and oxygen atoms in total. The van der Waals surface area contributed by atoms with Gasteiger partial charge in [-0.25, -0.2) is 9.67 Å². The van der Waals surface area contributed by atoms with Gasteiger partial charge in [-0.3, -0.25) is 4.79 Å². The molecular weight excluding hydrogens is 318 g/mol. The molecule has 23 heavy (non-hydrogen) atoms. The summed E-state index contributed by atoms with van der Waals surface area (Å²) in [6.45, 7) is 1.05. The van der Waals surface area contributed by atoms with Gasteiger partial charge in [-0.15, -0.1) is 5.10 Å². The fourth-order valence-corrected chi connectivity index (χ4v) is 2.72. The molecule has 0 atom stereocenters. The lowest BCUT2D eigenvalue weighted by Gasteiger charge is -2.38. The van der Waals surface area contributed by atoms with Gasteiger partial charge in [0.15, 0.2) is 0 Å². The van der Waals surface area contributed by atoms with E-state index in [-0.39, 0.29) is 17.8 Å². The molecule has 0 N–H and O–H groups in total. The van der Waals surface area contributed by atoms with Crippen molar-refractivity contribution in [3.63, 3.8) is 0 Å². The van der Waals surface area contributed by atoms with Gasteiger partial charge in [-0.05, 0) is 16.5 Å². The minimum Gasteiger partial charge on any atom is -0.471 e. The minimum absolute atomic E-state index is 0.0191. The zero-order valence-electron chi connectivity index (χ0n) is 12.3. The highest BCUT2D eigenvalue weighted by atomic mass is 32.2. The summed E-state index contributed by atoms with van der Waals surface area (Å²) in [6, 6.07) is 5.30. The maximum absolute atomic E-state index is 12.0. The molecule has 1 saturated heterocycles. The zero-order valence-corrected chi connectivity index (χ0v) is 13.1. The summed E-state index contributed by atoms with van der Waals surface area (Å²) in [5, 5.41) is 20.4. The van der Waals surface area contributed by atoms with Crippen LogP contribution in [0.2, 0.25) is 0 Å². The average molecular weight is 331 g/mol. The van der Waals surface area contributed by atoms with Crippen molar-refractivity contribution in [2.24, 2.45) is 7.05 Å². The topological polar surface area (TPSA) is 110 Å². The number of pyridine rings is 1. The van der Waals surface area contributed by atoms with E-state index in [0.29, 0.717) is 29.7 Å². The number of carbonyl (C=O) groups excluding carboxylic acids is 1. The van der Waals surface area contributed by atoms with E-state index in [0.717, 1.165) is 0 Å². The third kappa shape index (κ3) is 3.57. The second kappa shape index (κ2) is 6.62. The summed E-state index contributed by atoms with van der Waals surface area (Å²) >= 11 is 1.30. The molecule has 0 bridgehead atoms. The summed E-state index contributed by atoms with van der Waals surface area (Å²) in [7, 11) is 1.73. The largest absolute Gasteiger partial charge is 0.471 e. The number of rotatable bonds is 5. The van der Waals surface area contributed by atoms with Crippen LogP contribution < -0.4 is 4.74 Å². The molecular formula is C13H13N7O2S. The summed E-state index contributed by atoms with van der Waals surface area (Å²) in [5.74, 6) is 0.766. The maximum atomic E-state index is 12.0. The average Bonchev–Trinajstić information content (AvgIpc) is 2.94. The van der Waals surface area contributed by atoms with Crippen molar-refractivity contribution >= 4 is 17.7 Å². The van der Waals surface area contributed by atoms with Crippen LogP contribution in [0.4, 0.5) is 0 Å². The summed E-state index contributed by atoms with van der Waals surface area (Å²) in [5.41, 5.74) is 0.484. The van der Waals surface area contributed by atoms with Crippen LogP contribution in [0.3, 0.4) is 0 Å². The van der Waals surface area contributed by atoms with Gasteiger partial charge in [0.1, 0.15) is 12.2 Å². The molecule has 1 amide bonds. The number of nitriles is 1. The Bertz CT molecular complexity index is 734. The molecule has 2 aromatic rings. The van der Waals surface area contributed by atoms with Gasteiger partial charge in [0.05, 0.1) is 24.4 Å². The molecule has 0 radical (unpaired) electrons. The van der Waals surface area contributed by atoms with E-state index >= 15 is 0 Å². The van der Waals surface area contributed by atoms with Crippen LogP contribution in [0.25, 0.3) is 0 Å². The normalized spacial score (nSPS) is 14.2. The van der Waals surface area contributed by atoms with Gasteiger partial charge >= 0.3 is 0 Å². The fraction of sp³-hybridized carbons (Fsp3) is 0.385. The SMILES string of the molecule is Cn1nnnc1SCC(=O)N1CC(Oc2ccc(C#N)cn2)C1. The van der Waals surface area contributed by atoms with E-state index in [9.17, 15) is 4.79 Å². The minimum atomic E-state index is -0.0686. The molecule has 0 unspecified atom stereocenters. The molecule has 0 saturated carbocycles. The lowest BCUT2D eigenvalue weighted by molar-refractivity contribution is -0.137. The number of hydrogen-bond donors (Lipinski definition) is 0. The van der Waals surface area contributed by atoms with Gasteiger partial charge in [-0.2, -0.15) is 5.26 Å². The molecule has 118 valence electrons. The number of amides is 1. The number of aromatic nitrogens is 5. The van der Waals surface area contributed by atoms with E-state index in [1.807, 2.05) is 6.07 Å². The number of ether oxygens (including phenoxy) is 1. The molecule has 0 spiro atoms. The van der Waals surface area contributed by atoms with Gasteiger partial charge in [0.25, 0.3) is 0 Å². The van der Waals surface area contributed by atoms with Crippen LogP contribution >= 0.6 is 11.8 Å². The third-order valence-corrected chi connectivity index (χ3v) is 4.25. The summed E-state index contributed by atoms with van der Waals surface area (Å²) in [4.78, 5) is 17.8. The van der Waals surface area contributed by atoms with Crippen molar-refractivity contribution in [3.05, 3.63) is 23.9 Å². The predicted molar refractivity (Wildman–Crippen MR) is 79.5 cm³/mol. The van der Waals surface area contributed by atoms with Crippen molar-refractivity contribution in [3.8, 4) is 11.9 Å². The number of likely N-dealkylation sites (tertiary alicyclic amines) is 1. The van der Waals surface area contributed by atoms with Crippen molar-refractivity contribution in [1.29, 1.82) is 5.26 Å². The first-order valence-corrected chi connectivity index (χ1v) is 7.80. The lowest BCUT2D eigenvalue weighted by Crippen LogP contribution is -2.56. The number of hydrogen-bond acceptors (Lipinski definition) is 8. The number of thioether (sulfide) groups is 1. The van der Waals surface area contributed by atoms with Crippen LogP contribution in [0.5, 0.6) is 5.88 Å². The second-order valence-electron chi connectivity index (χ2n) is 4.91. The summed E-state index contributed by atoms with van der Waals surface area (Å²) < 4.78 is 7.17. The highest BCUT2D eigenvalue weighted by Gasteiger charge is 2.32. The highest BCUT2D eigenvalue weighted by Crippen LogP contribution is 2.19. The summed E-state index contributed by atoms with van der Waals surface area (Å²) in [6.07, 6.45) is 1.39. The molecule has 1 aliphatic heterocycles. The molecule has 3 rings (SSSR count). The molecule has 0 aliphatic carbocycles. The number of nitrogens with zero attached hydrogens (tertiary/aromatic N) is 7. The van der Waals surface area contributed by atoms with Gasteiger partial charge in [0.2, 0.25) is 16.9 Å². The molecule has 1 fully saturated rings. The first-order valence-electron chi connectivity index (χ1n) is 6.81. The van der Waals surface area contributed by atoms with Crippen molar-refractivity contribution < 1.29 is 9.53 Å². The Labute approximate surface area is 136 Å². The first kappa shape index (κ1) is 15.2. The fourth-order valence-electron chi connectivity index (χ4n) is 1.96. The van der Waals surface area contributed by atoms with Crippen molar-refractivity contribution in [1.82, 2.24) is 30.1 Å². The Balaban J connectivity index is 1.42. The van der Waals surface area contributed by atoms with E-state index in [1.165, 1.54) is 22.6 Å². The molecule has 1 aliphatic rings. The van der Waals surface area contributed by atoms with Crippen molar-refractivity contribution in [2.45, 2.75) is 11.3 Å². The zero-order chi connectivity index (χ0) is 16.2. The molecule has 0 aromatic carbocycles. The number of aryl methyl sites for hydroxylation is 1. The maximum Gasteiger partial charge on any atom is 0.233 e. The smallest absolute Gasteiger partial charge is 0.233 e. The van der Waals surface area contributed by atoms with Gasteiger partial charge in [0, 0.05) is 19.3 Å². The van der Waals surface area contributed by atoms with Crippen molar-refractivity contribution in [2.75, 3.05) is 18.8 Å². The van der Waals surface area contributed by atoms with E-state index in [1.54, 1.807) is 24.1 Å².